The number of nitrogens with two attached hydrogens (primary N) is 1. The third-order valence-corrected chi connectivity index (χ3v) is 7.48. The smallest absolute Gasteiger partial charge is 0.261 e. The molecule has 4 rings (SSSR count). The first-order valence-corrected chi connectivity index (χ1v) is 12.7. The molecule has 3 aromatic rings. The second kappa shape index (κ2) is 9.69. The van der Waals surface area contributed by atoms with Crippen molar-refractivity contribution in [3.05, 3.63) is 89.5 Å². The van der Waals surface area contributed by atoms with Crippen LogP contribution in [0.3, 0.4) is 0 Å². The number of hydrogen-bond acceptors (Lipinski definition) is 4. The van der Waals surface area contributed by atoms with Crippen molar-refractivity contribution in [2.24, 2.45) is 5.73 Å². The lowest BCUT2D eigenvalue weighted by Gasteiger charge is -2.35. The van der Waals surface area contributed by atoms with Gasteiger partial charge in [0.1, 0.15) is 5.84 Å². The van der Waals surface area contributed by atoms with E-state index in [0.717, 1.165) is 29.7 Å². The molecule has 1 heterocycles. The molecule has 0 aromatic heterocycles. The highest BCUT2D eigenvalue weighted by molar-refractivity contribution is 7.92. The molecule has 7 nitrogen and oxygen atoms in total. The first-order chi connectivity index (χ1) is 16.2. The summed E-state index contributed by atoms with van der Waals surface area (Å²) in [5.41, 5.74) is 9.43. The summed E-state index contributed by atoms with van der Waals surface area (Å²) in [7, 11) is -3.68. The van der Waals surface area contributed by atoms with E-state index in [1.165, 1.54) is 0 Å². The average Bonchev–Trinajstić information content (AvgIpc) is 2.83. The van der Waals surface area contributed by atoms with Gasteiger partial charge in [-0.3, -0.25) is 14.9 Å². The molecule has 1 amide bonds. The SMILES string of the molecule is CC1CCc2cc(NS(=O)(=O)c3ccccc3)ccc2N1C(=O)CCc1ccc(C(=N)N)cc1. The Morgan fingerprint density at radius 2 is 1.79 bits per heavy atom. The van der Waals surface area contributed by atoms with E-state index in [1.807, 2.05) is 36.1 Å². The number of carbonyl (C=O) groups is 1. The normalized spacial score (nSPS) is 15.4. The number of fused-ring (bicyclic) bond motifs is 1. The van der Waals surface area contributed by atoms with Gasteiger partial charge in [-0.2, -0.15) is 0 Å². The van der Waals surface area contributed by atoms with Gasteiger partial charge in [-0.1, -0.05) is 42.5 Å². The number of sulfonamides is 1. The number of aryl methyl sites for hydroxylation is 2. The summed E-state index contributed by atoms with van der Waals surface area (Å²) in [5.74, 6) is 0.0495. The fourth-order valence-electron chi connectivity index (χ4n) is 4.23. The molecule has 0 spiro atoms. The molecule has 0 saturated heterocycles. The topological polar surface area (TPSA) is 116 Å². The van der Waals surface area contributed by atoms with E-state index >= 15 is 0 Å². The molecule has 0 radical (unpaired) electrons. The molecule has 0 bridgehead atoms. The molecule has 1 atom stereocenters. The van der Waals surface area contributed by atoms with Crippen molar-refractivity contribution in [3.8, 4) is 0 Å². The maximum atomic E-state index is 13.2. The predicted octanol–water partition coefficient (Wildman–Crippen LogP) is 4.07. The fraction of sp³-hybridized carbons (Fsp3) is 0.231. The first-order valence-electron chi connectivity index (χ1n) is 11.2. The van der Waals surface area contributed by atoms with Crippen LogP contribution in [0.2, 0.25) is 0 Å². The Morgan fingerprint density at radius 3 is 2.47 bits per heavy atom. The minimum atomic E-state index is -3.68. The van der Waals surface area contributed by atoms with Crippen LogP contribution < -0.4 is 15.4 Å². The van der Waals surface area contributed by atoms with Crippen molar-refractivity contribution in [3.63, 3.8) is 0 Å². The number of anilines is 2. The lowest BCUT2D eigenvalue weighted by atomic mass is 9.95. The van der Waals surface area contributed by atoms with Crippen LogP contribution in [0.25, 0.3) is 0 Å². The summed E-state index contributed by atoms with van der Waals surface area (Å²) in [4.78, 5) is 15.2. The number of nitrogens with one attached hydrogen (secondary N) is 2. The van der Waals surface area contributed by atoms with Crippen LogP contribution in [0.4, 0.5) is 11.4 Å². The molecule has 1 unspecified atom stereocenters. The number of hydrogen-bond donors (Lipinski definition) is 3. The highest BCUT2D eigenvalue weighted by Crippen LogP contribution is 2.34. The molecule has 0 fully saturated rings. The van der Waals surface area contributed by atoms with Crippen LogP contribution in [0.1, 0.15) is 36.5 Å². The van der Waals surface area contributed by atoms with Crippen molar-refractivity contribution >= 4 is 33.1 Å². The van der Waals surface area contributed by atoms with Gasteiger partial charge in [0, 0.05) is 29.4 Å². The van der Waals surface area contributed by atoms with Crippen molar-refractivity contribution in [2.75, 3.05) is 9.62 Å². The quantitative estimate of drug-likeness (QED) is 0.352. The Labute approximate surface area is 200 Å². The van der Waals surface area contributed by atoms with E-state index in [-0.39, 0.29) is 22.7 Å². The summed E-state index contributed by atoms with van der Waals surface area (Å²) < 4.78 is 28.0. The number of rotatable bonds is 7. The second-order valence-corrected chi connectivity index (χ2v) is 10.2. The summed E-state index contributed by atoms with van der Waals surface area (Å²) in [6.45, 7) is 2.04. The minimum absolute atomic E-state index is 0.0202. The predicted molar refractivity (Wildman–Crippen MR) is 135 cm³/mol. The largest absolute Gasteiger partial charge is 0.384 e. The maximum absolute atomic E-state index is 13.2. The molecule has 0 saturated carbocycles. The maximum Gasteiger partial charge on any atom is 0.261 e. The minimum Gasteiger partial charge on any atom is -0.384 e. The van der Waals surface area contributed by atoms with Gasteiger partial charge in [-0.05, 0) is 67.6 Å². The van der Waals surface area contributed by atoms with E-state index in [4.69, 9.17) is 11.1 Å². The molecule has 1 aliphatic heterocycles. The van der Waals surface area contributed by atoms with Gasteiger partial charge in [0.25, 0.3) is 10.0 Å². The average molecular weight is 477 g/mol. The molecule has 34 heavy (non-hydrogen) atoms. The summed E-state index contributed by atoms with van der Waals surface area (Å²) >= 11 is 0. The van der Waals surface area contributed by atoms with Gasteiger partial charge in [-0.15, -0.1) is 0 Å². The highest BCUT2D eigenvalue weighted by atomic mass is 32.2. The van der Waals surface area contributed by atoms with Gasteiger partial charge in [0.05, 0.1) is 4.90 Å². The Morgan fingerprint density at radius 1 is 1.09 bits per heavy atom. The number of amides is 1. The van der Waals surface area contributed by atoms with E-state index in [1.54, 1.807) is 48.5 Å². The van der Waals surface area contributed by atoms with Gasteiger partial charge >= 0.3 is 0 Å². The van der Waals surface area contributed by atoms with Crippen LogP contribution >= 0.6 is 0 Å². The number of amidine groups is 1. The summed E-state index contributed by atoms with van der Waals surface area (Å²) in [6.07, 6.45) is 2.52. The standard InChI is InChI=1S/C26H28N4O3S/c1-18-7-11-21-17-22(29-34(32,33)23-5-3-2-4-6-23)14-15-24(21)30(18)25(31)16-10-19-8-12-20(13-9-19)26(27)28/h2-6,8-9,12-15,17-18,29H,7,10-11,16H2,1H3,(H3,27,28). The molecular weight excluding hydrogens is 448 g/mol. The number of nitrogen functional groups attached to an aromatic ring is 1. The van der Waals surface area contributed by atoms with Gasteiger partial charge < -0.3 is 10.6 Å². The highest BCUT2D eigenvalue weighted by Gasteiger charge is 2.28. The van der Waals surface area contributed by atoms with E-state index in [0.29, 0.717) is 24.1 Å². The van der Waals surface area contributed by atoms with Crippen LogP contribution in [0.5, 0.6) is 0 Å². The summed E-state index contributed by atoms with van der Waals surface area (Å²) in [5, 5.41) is 7.49. The molecule has 8 heteroatoms. The number of nitrogens with zero attached hydrogens (tertiary/aromatic N) is 1. The molecule has 176 valence electrons. The second-order valence-electron chi connectivity index (χ2n) is 8.52. The van der Waals surface area contributed by atoms with E-state index in [9.17, 15) is 13.2 Å². The van der Waals surface area contributed by atoms with Crippen LogP contribution in [-0.2, 0) is 27.7 Å². The molecule has 0 aliphatic carbocycles. The monoisotopic (exact) mass is 476 g/mol. The lowest BCUT2D eigenvalue weighted by Crippen LogP contribution is -2.42. The van der Waals surface area contributed by atoms with E-state index < -0.39 is 10.0 Å². The van der Waals surface area contributed by atoms with Gasteiger partial charge in [0.2, 0.25) is 5.91 Å². The van der Waals surface area contributed by atoms with Crippen molar-refractivity contribution in [1.29, 1.82) is 5.41 Å². The van der Waals surface area contributed by atoms with Crippen LogP contribution in [0.15, 0.2) is 77.7 Å². The zero-order valence-corrected chi connectivity index (χ0v) is 19.8. The Balaban J connectivity index is 1.49. The Hall–Kier alpha value is -3.65. The Kier molecular flexibility index (Phi) is 6.70. The van der Waals surface area contributed by atoms with Gasteiger partial charge in [-0.25, -0.2) is 8.42 Å². The third-order valence-electron chi connectivity index (χ3n) is 6.08. The van der Waals surface area contributed by atoms with Crippen molar-refractivity contribution < 1.29 is 13.2 Å². The van der Waals surface area contributed by atoms with Crippen molar-refractivity contribution in [1.82, 2.24) is 0 Å². The van der Waals surface area contributed by atoms with Crippen LogP contribution in [-0.4, -0.2) is 26.2 Å². The zero-order valence-electron chi connectivity index (χ0n) is 19.0. The van der Waals surface area contributed by atoms with Crippen LogP contribution in [0, 0.1) is 5.41 Å². The molecule has 4 N–H and O–H groups in total. The molecule has 1 aliphatic rings. The molecule has 3 aromatic carbocycles. The van der Waals surface area contributed by atoms with Gasteiger partial charge in [0.15, 0.2) is 0 Å². The molecular formula is C26H28N4O3S. The fourth-order valence-corrected chi connectivity index (χ4v) is 5.30. The van der Waals surface area contributed by atoms with E-state index in [2.05, 4.69) is 4.72 Å². The number of benzene rings is 3. The third kappa shape index (κ3) is 5.12. The first kappa shape index (κ1) is 23.5. The van der Waals surface area contributed by atoms with Crippen molar-refractivity contribution in [2.45, 2.75) is 43.5 Å². The summed E-state index contributed by atoms with van der Waals surface area (Å²) in [6, 6.07) is 21.0. The Bertz CT molecular complexity index is 1310. The lowest BCUT2D eigenvalue weighted by molar-refractivity contribution is -0.119. The number of carbonyl (C=O) groups excluding carboxylic acids is 1. The zero-order chi connectivity index (χ0) is 24.3.